The van der Waals surface area contributed by atoms with E-state index < -0.39 is 5.54 Å². The summed E-state index contributed by atoms with van der Waals surface area (Å²) in [4.78, 5) is 17.5. The van der Waals surface area contributed by atoms with Crippen molar-refractivity contribution in [2.45, 2.75) is 51.6 Å². The summed E-state index contributed by atoms with van der Waals surface area (Å²) < 4.78 is 0. The van der Waals surface area contributed by atoms with Gasteiger partial charge in [0.2, 0.25) is 5.91 Å². The molecule has 2 saturated heterocycles. The van der Waals surface area contributed by atoms with Crippen LogP contribution in [0.5, 0.6) is 0 Å². The van der Waals surface area contributed by atoms with Gasteiger partial charge in [-0.15, -0.1) is 0 Å². The molecule has 21 heavy (non-hydrogen) atoms. The fraction of sp³-hybridized carbons (Fsp3) is 0.938. The molecule has 0 aromatic carbocycles. The molecule has 0 radical (unpaired) electrons. The van der Waals surface area contributed by atoms with Gasteiger partial charge in [0.1, 0.15) is 0 Å². The number of piperidine rings is 1. The number of carbonyl (C=O) groups excluding carboxylic acids is 1. The van der Waals surface area contributed by atoms with Crippen molar-refractivity contribution in [1.29, 1.82) is 0 Å². The number of piperazine rings is 1. The van der Waals surface area contributed by atoms with Crippen molar-refractivity contribution in [1.82, 2.24) is 20.4 Å². The minimum atomic E-state index is -0.400. The zero-order chi connectivity index (χ0) is 15.3. The molecule has 2 N–H and O–H groups in total. The van der Waals surface area contributed by atoms with E-state index in [0.29, 0.717) is 6.04 Å². The summed E-state index contributed by atoms with van der Waals surface area (Å²) >= 11 is 0. The number of nitrogens with zero attached hydrogens (tertiary/aromatic N) is 2. The van der Waals surface area contributed by atoms with Crippen molar-refractivity contribution in [2.24, 2.45) is 0 Å². The second-order valence-electron chi connectivity index (χ2n) is 6.89. The lowest BCUT2D eigenvalue weighted by atomic mass is 9.98. The highest BCUT2D eigenvalue weighted by Crippen LogP contribution is 2.17. The van der Waals surface area contributed by atoms with Crippen molar-refractivity contribution >= 4 is 5.91 Å². The molecule has 2 fully saturated rings. The fourth-order valence-electron chi connectivity index (χ4n) is 3.35. The van der Waals surface area contributed by atoms with Crippen molar-refractivity contribution in [3.8, 4) is 0 Å². The van der Waals surface area contributed by atoms with Crippen LogP contribution in [0.1, 0.15) is 40.0 Å². The molecule has 0 unspecified atom stereocenters. The quantitative estimate of drug-likeness (QED) is 0.782. The van der Waals surface area contributed by atoms with Gasteiger partial charge < -0.3 is 15.5 Å². The number of hydrogen-bond donors (Lipinski definition) is 2. The van der Waals surface area contributed by atoms with Gasteiger partial charge in [0.15, 0.2) is 0 Å². The molecule has 0 aromatic rings. The molecule has 0 aromatic heterocycles. The van der Waals surface area contributed by atoms with Gasteiger partial charge in [-0.3, -0.25) is 9.69 Å². The molecule has 0 spiro atoms. The Kier molecular flexibility index (Phi) is 6.02. The number of likely N-dealkylation sites (tertiary alicyclic amines) is 1. The third-order valence-corrected chi connectivity index (χ3v) is 4.93. The van der Waals surface area contributed by atoms with E-state index in [-0.39, 0.29) is 5.91 Å². The van der Waals surface area contributed by atoms with Crippen LogP contribution in [-0.2, 0) is 4.79 Å². The summed E-state index contributed by atoms with van der Waals surface area (Å²) in [5.41, 5.74) is -0.400. The number of amides is 1. The Balaban J connectivity index is 1.80. The molecule has 2 aliphatic rings. The average molecular weight is 296 g/mol. The first-order valence-electron chi connectivity index (χ1n) is 8.53. The van der Waals surface area contributed by atoms with Crippen LogP contribution < -0.4 is 10.6 Å². The van der Waals surface area contributed by atoms with E-state index in [4.69, 9.17) is 0 Å². The molecular formula is C16H32N4O. The Morgan fingerprint density at radius 3 is 2.38 bits per heavy atom. The SMILES string of the molecule is CCCN1CCC(NC(=O)C(C)(C)N2CCNCC2)CC1. The smallest absolute Gasteiger partial charge is 0.240 e. The third-order valence-electron chi connectivity index (χ3n) is 4.93. The zero-order valence-corrected chi connectivity index (χ0v) is 14.0. The summed E-state index contributed by atoms with van der Waals surface area (Å²) in [5, 5.41) is 6.64. The highest BCUT2D eigenvalue weighted by Gasteiger charge is 2.36. The standard InChI is InChI=1S/C16H32N4O/c1-4-9-19-10-5-14(6-11-19)18-15(21)16(2,3)20-12-7-17-8-13-20/h14,17H,4-13H2,1-3H3,(H,18,21). The maximum absolute atomic E-state index is 12.7. The van der Waals surface area contributed by atoms with Gasteiger partial charge in [0.25, 0.3) is 0 Å². The molecular weight excluding hydrogens is 264 g/mol. The number of carbonyl (C=O) groups is 1. The predicted molar refractivity (Wildman–Crippen MR) is 86.4 cm³/mol. The van der Waals surface area contributed by atoms with Crippen LogP contribution in [0.3, 0.4) is 0 Å². The van der Waals surface area contributed by atoms with Crippen molar-refractivity contribution in [2.75, 3.05) is 45.8 Å². The second kappa shape index (κ2) is 7.56. The molecule has 2 rings (SSSR count). The van der Waals surface area contributed by atoms with Crippen LogP contribution in [0, 0.1) is 0 Å². The molecule has 1 amide bonds. The minimum Gasteiger partial charge on any atom is -0.352 e. The van der Waals surface area contributed by atoms with E-state index in [1.54, 1.807) is 0 Å². The Labute approximate surface area is 129 Å². The van der Waals surface area contributed by atoms with E-state index in [1.165, 1.54) is 13.0 Å². The first-order chi connectivity index (χ1) is 10.0. The maximum Gasteiger partial charge on any atom is 0.240 e. The van der Waals surface area contributed by atoms with Crippen LogP contribution >= 0.6 is 0 Å². The van der Waals surface area contributed by atoms with Gasteiger partial charge in [0, 0.05) is 45.3 Å². The molecule has 0 aliphatic carbocycles. The van der Waals surface area contributed by atoms with E-state index in [2.05, 4.69) is 41.2 Å². The lowest BCUT2D eigenvalue weighted by molar-refractivity contribution is -0.133. The van der Waals surface area contributed by atoms with E-state index in [0.717, 1.165) is 52.1 Å². The second-order valence-corrected chi connectivity index (χ2v) is 6.89. The molecule has 0 saturated carbocycles. The predicted octanol–water partition coefficient (Wildman–Crippen LogP) is 0.661. The van der Waals surface area contributed by atoms with Gasteiger partial charge in [-0.1, -0.05) is 6.92 Å². The summed E-state index contributed by atoms with van der Waals surface area (Å²) in [6, 6.07) is 0.354. The summed E-state index contributed by atoms with van der Waals surface area (Å²) in [6.45, 7) is 13.6. The summed E-state index contributed by atoms with van der Waals surface area (Å²) in [5.74, 6) is 0.193. The monoisotopic (exact) mass is 296 g/mol. The van der Waals surface area contributed by atoms with Crippen LogP contribution in [0.25, 0.3) is 0 Å². The fourth-order valence-corrected chi connectivity index (χ4v) is 3.35. The highest BCUT2D eigenvalue weighted by molar-refractivity contribution is 5.85. The van der Waals surface area contributed by atoms with Gasteiger partial charge in [-0.25, -0.2) is 0 Å². The highest BCUT2D eigenvalue weighted by atomic mass is 16.2. The third kappa shape index (κ3) is 4.41. The van der Waals surface area contributed by atoms with Gasteiger partial charge in [0.05, 0.1) is 5.54 Å². The van der Waals surface area contributed by atoms with Crippen molar-refractivity contribution < 1.29 is 4.79 Å². The minimum absolute atomic E-state index is 0.193. The molecule has 5 nitrogen and oxygen atoms in total. The topological polar surface area (TPSA) is 47.6 Å². The Hall–Kier alpha value is -0.650. The molecule has 0 atom stereocenters. The van der Waals surface area contributed by atoms with Gasteiger partial charge in [-0.05, 0) is 39.7 Å². The van der Waals surface area contributed by atoms with Gasteiger partial charge in [-0.2, -0.15) is 0 Å². The number of nitrogens with one attached hydrogen (secondary N) is 2. The van der Waals surface area contributed by atoms with Crippen LogP contribution in [0.4, 0.5) is 0 Å². The average Bonchev–Trinajstić information content (AvgIpc) is 2.50. The Bertz CT molecular complexity index is 331. The molecule has 122 valence electrons. The van der Waals surface area contributed by atoms with Crippen LogP contribution in [-0.4, -0.2) is 73.1 Å². The number of hydrogen-bond acceptors (Lipinski definition) is 4. The van der Waals surface area contributed by atoms with Crippen molar-refractivity contribution in [3.05, 3.63) is 0 Å². The van der Waals surface area contributed by atoms with Crippen LogP contribution in [0.15, 0.2) is 0 Å². The van der Waals surface area contributed by atoms with E-state index in [9.17, 15) is 4.79 Å². The Morgan fingerprint density at radius 2 is 1.81 bits per heavy atom. The van der Waals surface area contributed by atoms with Crippen molar-refractivity contribution in [3.63, 3.8) is 0 Å². The lowest BCUT2D eigenvalue weighted by Crippen LogP contribution is -2.61. The van der Waals surface area contributed by atoms with E-state index >= 15 is 0 Å². The maximum atomic E-state index is 12.7. The zero-order valence-electron chi connectivity index (χ0n) is 14.0. The summed E-state index contributed by atoms with van der Waals surface area (Å²) in [6.07, 6.45) is 3.39. The van der Waals surface area contributed by atoms with Gasteiger partial charge >= 0.3 is 0 Å². The van der Waals surface area contributed by atoms with E-state index in [1.807, 2.05) is 0 Å². The first kappa shape index (κ1) is 16.7. The Morgan fingerprint density at radius 1 is 1.19 bits per heavy atom. The molecule has 2 aliphatic heterocycles. The molecule has 5 heteroatoms. The summed E-state index contributed by atoms with van der Waals surface area (Å²) in [7, 11) is 0. The molecule has 0 bridgehead atoms. The lowest BCUT2D eigenvalue weighted by Gasteiger charge is -2.41. The molecule has 2 heterocycles. The first-order valence-corrected chi connectivity index (χ1v) is 8.53. The largest absolute Gasteiger partial charge is 0.352 e. The number of rotatable bonds is 5. The normalized spacial score (nSPS) is 23.2. The van der Waals surface area contributed by atoms with Crippen LogP contribution in [0.2, 0.25) is 0 Å².